The number of alkyl halides is 2. The number of amides is 3. The number of benzene rings is 2. The van der Waals surface area contributed by atoms with Gasteiger partial charge in [-0.05, 0) is 55.0 Å². The van der Waals surface area contributed by atoms with Crippen LogP contribution in [0.2, 0.25) is 5.02 Å². The minimum Gasteiger partial charge on any atom is -0.351 e. The molecule has 6 rings (SSSR count). The van der Waals surface area contributed by atoms with Gasteiger partial charge in [-0.15, -0.1) is 0 Å². The molecule has 3 fully saturated rings. The first-order valence-electron chi connectivity index (χ1n) is 14.1. The van der Waals surface area contributed by atoms with Gasteiger partial charge in [-0.25, -0.2) is 18.7 Å². The highest BCUT2D eigenvalue weighted by atomic mass is 35.5. The summed E-state index contributed by atoms with van der Waals surface area (Å²) in [6, 6.07) is 14.0. The van der Waals surface area contributed by atoms with Crippen LogP contribution in [0.3, 0.4) is 0 Å². The van der Waals surface area contributed by atoms with Crippen LogP contribution in [0.15, 0.2) is 60.8 Å². The van der Waals surface area contributed by atoms with Crippen LogP contribution in [0.1, 0.15) is 67.3 Å². The lowest BCUT2D eigenvalue weighted by Gasteiger charge is -2.39. The maximum Gasteiger partial charge on any atom is 0.252 e. The van der Waals surface area contributed by atoms with Crippen LogP contribution >= 0.6 is 11.6 Å². The van der Waals surface area contributed by atoms with E-state index in [4.69, 9.17) is 11.6 Å². The molecule has 3 amide bonds. The average Bonchev–Trinajstić information content (AvgIpc) is 3.76. The highest BCUT2D eigenvalue weighted by Crippen LogP contribution is 2.43. The van der Waals surface area contributed by atoms with Gasteiger partial charge in [-0.1, -0.05) is 41.9 Å². The lowest BCUT2D eigenvalue weighted by Crippen LogP contribution is -2.56. The van der Waals surface area contributed by atoms with E-state index in [1.165, 1.54) is 17.2 Å². The minimum atomic E-state index is -2.87. The summed E-state index contributed by atoms with van der Waals surface area (Å²) in [5, 5.41) is 12.3. The molecule has 12 heteroatoms. The van der Waals surface area contributed by atoms with E-state index in [9.17, 15) is 28.4 Å². The molecule has 1 aliphatic heterocycles. The highest BCUT2D eigenvalue weighted by molar-refractivity contribution is 6.31. The predicted octanol–water partition coefficient (Wildman–Crippen LogP) is 5.06. The smallest absolute Gasteiger partial charge is 0.252 e. The number of carbonyl (C=O) groups excluding carboxylic acids is 3. The van der Waals surface area contributed by atoms with Gasteiger partial charge in [0.05, 0.1) is 0 Å². The molecule has 0 radical (unpaired) electrons. The van der Waals surface area contributed by atoms with Crippen LogP contribution in [-0.4, -0.2) is 45.7 Å². The molecule has 3 aromatic rings. The monoisotopic (exact) mass is 604 g/mol. The quantitative estimate of drug-likeness (QED) is 0.384. The number of nitrogens with zero attached hydrogens (tertiary/aromatic N) is 5. The zero-order valence-electron chi connectivity index (χ0n) is 22.9. The topological polar surface area (TPSA) is 119 Å². The molecule has 2 heterocycles. The van der Waals surface area contributed by atoms with Crippen LogP contribution in [0.25, 0.3) is 0 Å². The number of aromatic nitrogens is 2. The molecule has 1 aromatic heterocycles. The first-order valence-corrected chi connectivity index (χ1v) is 14.4. The molecule has 0 spiro atoms. The van der Waals surface area contributed by atoms with Crippen LogP contribution < -0.4 is 15.1 Å². The Bertz CT molecular complexity index is 1630. The molecule has 0 unspecified atom stereocenters. The van der Waals surface area contributed by atoms with Crippen LogP contribution in [0.5, 0.6) is 0 Å². The summed E-state index contributed by atoms with van der Waals surface area (Å²) in [6.07, 6.45) is 2.46. The van der Waals surface area contributed by atoms with E-state index >= 15 is 0 Å². The molecule has 2 saturated carbocycles. The van der Waals surface area contributed by atoms with E-state index in [0.29, 0.717) is 17.2 Å². The summed E-state index contributed by atoms with van der Waals surface area (Å²) in [6.45, 7) is 0. The number of carbonyl (C=O) groups is 3. The molecule has 2 aliphatic carbocycles. The van der Waals surface area contributed by atoms with E-state index < -0.39 is 54.6 Å². The standard InChI is InChI=1S/C31H27ClF2N6O3/c32-24-7-2-1-6-23(24)27(28(42)37-21-15-31(33,34)16-21)39(22-5-3-4-19(14-22)18-8-9-18)29(43)25-10-11-26(41)40(25)30-36-13-12-20(17-35)38-30/h1-7,12-14,18,21,25,27H,8-11,15-16H2,(H,37,42)/t25-,27-/m0/s1. The van der Waals surface area contributed by atoms with Gasteiger partial charge in [0.2, 0.25) is 17.8 Å². The third-order valence-electron chi connectivity index (χ3n) is 8.05. The fraction of sp³-hybridized carbons (Fsp3) is 0.355. The van der Waals surface area contributed by atoms with Crippen LogP contribution in [0.4, 0.5) is 20.4 Å². The van der Waals surface area contributed by atoms with E-state index in [1.54, 1.807) is 36.4 Å². The minimum absolute atomic E-state index is 0.0205. The van der Waals surface area contributed by atoms with Crippen molar-refractivity contribution in [3.05, 3.63) is 82.6 Å². The Hall–Kier alpha value is -4.43. The van der Waals surface area contributed by atoms with Gasteiger partial charge in [0.1, 0.15) is 23.8 Å². The highest BCUT2D eigenvalue weighted by Gasteiger charge is 2.49. The van der Waals surface area contributed by atoms with Gasteiger partial charge in [-0.3, -0.25) is 24.2 Å². The van der Waals surface area contributed by atoms with Crippen molar-refractivity contribution in [2.45, 2.75) is 68.5 Å². The lowest BCUT2D eigenvalue weighted by molar-refractivity contribution is -0.133. The average molecular weight is 605 g/mol. The van der Waals surface area contributed by atoms with E-state index in [-0.39, 0.29) is 29.5 Å². The number of halogens is 3. The van der Waals surface area contributed by atoms with Gasteiger partial charge < -0.3 is 5.32 Å². The fourth-order valence-corrected chi connectivity index (χ4v) is 5.98. The summed E-state index contributed by atoms with van der Waals surface area (Å²) in [5.74, 6) is -4.30. The molecule has 1 saturated heterocycles. The molecule has 43 heavy (non-hydrogen) atoms. The van der Waals surface area contributed by atoms with Crippen LogP contribution in [-0.2, 0) is 14.4 Å². The van der Waals surface area contributed by atoms with E-state index in [1.807, 2.05) is 18.2 Å². The Balaban J connectivity index is 1.45. The number of anilines is 2. The van der Waals surface area contributed by atoms with Gasteiger partial charge in [0, 0.05) is 47.8 Å². The Morgan fingerprint density at radius 1 is 1.12 bits per heavy atom. The van der Waals surface area contributed by atoms with Gasteiger partial charge in [-0.2, -0.15) is 5.26 Å². The number of hydrogen-bond acceptors (Lipinski definition) is 6. The van der Waals surface area contributed by atoms with Crippen molar-refractivity contribution in [2.24, 2.45) is 0 Å². The normalized spacial score (nSPS) is 20.2. The maximum atomic E-state index is 14.7. The first-order chi connectivity index (χ1) is 20.6. The molecule has 9 nitrogen and oxygen atoms in total. The van der Waals surface area contributed by atoms with Crippen molar-refractivity contribution < 1.29 is 23.2 Å². The van der Waals surface area contributed by atoms with Crippen molar-refractivity contribution >= 4 is 41.0 Å². The zero-order valence-corrected chi connectivity index (χ0v) is 23.7. The van der Waals surface area contributed by atoms with Gasteiger partial charge in [0.15, 0.2) is 0 Å². The fourth-order valence-electron chi connectivity index (χ4n) is 5.74. The largest absolute Gasteiger partial charge is 0.351 e. The summed E-state index contributed by atoms with van der Waals surface area (Å²) in [7, 11) is 0. The van der Waals surface area contributed by atoms with Crippen molar-refractivity contribution in [1.82, 2.24) is 15.3 Å². The summed E-state index contributed by atoms with van der Waals surface area (Å²) < 4.78 is 27.4. The van der Waals surface area contributed by atoms with Crippen molar-refractivity contribution in [2.75, 3.05) is 9.80 Å². The second-order valence-electron chi connectivity index (χ2n) is 11.1. The van der Waals surface area contributed by atoms with Gasteiger partial charge >= 0.3 is 0 Å². The summed E-state index contributed by atoms with van der Waals surface area (Å²) in [5.41, 5.74) is 1.73. The Morgan fingerprint density at radius 2 is 1.88 bits per heavy atom. The van der Waals surface area contributed by atoms with E-state index in [0.717, 1.165) is 23.3 Å². The molecule has 220 valence electrons. The predicted molar refractivity (Wildman–Crippen MR) is 153 cm³/mol. The Kier molecular flexibility index (Phi) is 7.56. The zero-order chi connectivity index (χ0) is 30.3. The molecule has 3 aliphatic rings. The first kappa shape index (κ1) is 28.7. The molecular formula is C31H27ClF2N6O3. The van der Waals surface area contributed by atoms with Crippen molar-refractivity contribution in [1.29, 1.82) is 5.26 Å². The number of hydrogen-bond donors (Lipinski definition) is 1. The molecule has 0 bridgehead atoms. The molecule has 1 N–H and O–H groups in total. The number of rotatable bonds is 8. The Morgan fingerprint density at radius 3 is 2.58 bits per heavy atom. The summed E-state index contributed by atoms with van der Waals surface area (Å²) in [4.78, 5) is 52.6. The summed E-state index contributed by atoms with van der Waals surface area (Å²) >= 11 is 6.61. The lowest BCUT2D eigenvalue weighted by atomic mass is 9.87. The third kappa shape index (κ3) is 5.79. The maximum absolute atomic E-state index is 14.7. The molecule has 2 aromatic carbocycles. The second-order valence-corrected chi connectivity index (χ2v) is 11.6. The van der Waals surface area contributed by atoms with Gasteiger partial charge in [0.25, 0.3) is 11.8 Å². The SMILES string of the molecule is N#Cc1ccnc(N2C(=O)CC[C@H]2C(=O)N(c2cccc(C3CC3)c2)[C@H](C(=O)NC2CC(F)(F)C2)c2ccccc2Cl)n1. The van der Waals surface area contributed by atoms with Crippen molar-refractivity contribution in [3.63, 3.8) is 0 Å². The van der Waals surface area contributed by atoms with Crippen molar-refractivity contribution in [3.8, 4) is 6.07 Å². The van der Waals surface area contributed by atoms with Crippen LogP contribution in [0, 0.1) is 11.3 Å². The molecular weight excluding hydrogens is 578 g/mol. The number of nitrogens with one attached hydrogen (secondary N) is 1. The Labute approximate surface area is 251 Å². The second kappa shape index (κ2) is 11.3. The molecule has 2 atom stereocenters. The number of nitriles is 1. The van der Waals surface area contributed by atoms with E-state index in [2.05, 4.69) is 15.3 Å². The third-order valence-corrected chi connectivity index (χ3v) is 8.39.